The molecule has 1 heterocycles. The summed E-state index contributed by atoms with van der Waals surface area (Å²) < 4.78 is 0. The van der Waals surface area contributed by atoms with Crippen LogP contribution in [-0.2, 0) is 0 Å². The summed E-state index contributed by atoms with van der Waals surface area (Å²) in [4.78, 5) is 37.5. The minimum Gasteiger partial charge on any atom is -0.349 e. The molecular weight excluding hydrogens is 346 g/mol. The first-order chi connectivity index (χ1) is 13.0. The molecule has 1 aliphatic heterocycles. The Balaban J connectivity index is 1.61. The number of nitrogens with one attached hydrogen (secondary N) is 1. The number of para-hydroxylation sites is 1. The Morgan fingerprint density at radius 2 is 1.74 bits per heavy atom. The highest BCUT2D eigenvalue weighted by molar-refractivity contribution is 5.99. The Labute approximate surface area is 157 Å². The summed E-state index contributed by atoms with van der Waals surface area (Å²) in [6.45, 7) is 2.69. The number of nitrogens with zero attached hydrogens (tertiary/aromatic N) is 2. The van der Waals surface area contributed by atoms with Crippen molar-refractivity contribution in [3.63, 3.8) is 0 Å². The van der Waals surface area contributed by atoms with Crippen LogP contribution in [0.25, 0.3) is 0 Å². The van der Waals surface area contributed by atoms with E-state index >= 15 is 0 Å². The van der Waals surface area contributed by atoms with Gasteiger partial charge in [0.25, 0.3) is 17.5 Å². The first-order valence-electron chi connectivity index (χ1n) is 8.86. The second kappa shape index (κ2) is 7.99. The molecule has 27 heavy (non-hydrogen) atoms. The lowest BCUT2D eigenvalue weighted by atomic mass is 10.0. The number of nitro benzene ring substituents is 1. The Morgan fingerprint density at radius 1 is 1.07 bits per heavy atom. The van der Waals surface area contributed by atoms with Gasteiger partial charge in [-0.15, -0.1) is 0 Å². The zero-order valence-corrected chi connectivity index (χ0v) is 15.1. The van der Waals surface area contributed by atoms with Gasteiger partial charge in [-0.05, 0) is 38.0 Å². The summed E-state index contributed by atoms with van der Waals surface area (Å²) in [5.74, 6) is -0.465. The number of amides is 2. The van der Waals surface area contributed by atoms with E-state index in [9.17, 15) is 19.7 Å². The molecule has 2 aromatic rings. The third-order valence-corrected chi connectivity index (χ3v) is 4.80. The summed E-state index contributed by atoms with van der Waals surface area (Å²) in [6.07, 6.45) is 1.23. The average Bonchev–Trinajstić information content (AvgIpc) is 2.68. The summed E-state index contributed by atoms with van der Waals surface area (Å²) in [5.41, 5.74) is 1.01. The zero-order chi connectivity index (χ0) is 19.4. The number of hydrogen-bond donors (Lipinski definition) is 1. The molecule has 2 amide bonds. The number of benzene rings is 2. The molecule has 0 atom stereocenters. The van der Waals surface area contributed by atoms with Crippen molar-refractivity contribution in [2.45, 2.75) is 25.8 Å². The first-order valence-corrected chi connectivity index (χ1v) is 8.86. The van der Waals surface area contributed by atoms with Gasteiger partial charge in [0.1, 0.15) is 5.56 Å². The van der Waals surface area contributed by atoms with E-state index in [-0.39, 0.29) is 23.2 Å². The summed E-state index contributed by atoms with van der Waals surface area (Å²) in [5, 5.41) is 14.1. The third kappa shape index (κ3) is 4.13. The first kappa shape index (κ1) is 18.6. The van der Waals surface area contributed by atoms with Gasteiger partial charge in [-0.1, -0.05) is 30.3 Å². The second-order valence-corrected chi connectivity index (χ2v) is 6.63. The normalized spacial score (nSPS) is 14.6. The van der Waals surface area contributed by atoms with Crippen molar-refractivity contribution in [3.05, 3.63) is 75.3 Å². The van der Waals surface area contributed by atoms with Crippen LogP contribution in [0.1, 0.15) is 39.1 Å². The zero-order valence-electron chi connectivity index (χ0n) is 15.1. The van der Waals surface area contributed by atoms with Crippen molar-refractivity contribution in [2.24, 2.45) is 0 Å². The maximum Gasteiger partial charge on any atom is 0.285 e. The Morgan fingerprint density at radius 3 is 2.37 bits per heavy atom. The Bertz CT molecular complexity index is 859. The molecule has 0 spiro atoms. The number of carbonyl (C=O) groups is 2. The number of rotatable bonds is 4. The van der Waals surface area contributed by atoms with Crippen molar-refractivity contribution in [1.29, 1.82) is 0 Å². The Kier molecular flexibility index (Phi) is 5.49. The summed E-state index contributed by atoms with van der Waals surface area (Å²) >= 11 is 0. The molecule has 7 nitrogen and oxygen atoms in total. The van der Waals surface area contributed by atoms with E-state index in [1.165, 1.54) is 6.07 Å². The van der Waals surface area contributed by atoms with Crippen LogP contribution in [0.5, 0.6) is 0 Å². The van der Waals surface area contributed by atoms with Crippen molar-refractivity contribution >= 4 is 17.5 Å². The molecule has 3 rings (SSSR count). The summed E-state index contributed by atoms with van der Waals surface area (Å²) in [7, 11) is 0. The van der Waals surface area contributed by atoms with Gasteiger partial charge < -0.3 is 10.2 Å². The van der Waals surface area contributed by atoms with E-state index in [1.54, 1.807) is 36.1 Å². The van der Waals surface area contributed by atoms with Gasteiger partial charge >= 0.3 is 0 Å². The third-order valence-electron chi connectivity index (χ3n) is 4.80. The lowest BCUT2D eigenvalue weighted by Crippen LogP contribution is -2.46. The largest absolute Gasteiger partial charge is 0.349 e. The molecule has 1 N–H and O–H groups in total. The molecule has 0 bridgehead atoms. The molecule has 2 aromatic carbocycles. The highest BCUT2D eigenvalue weighted by Gasteiger charge is 2.27. The number of aryl methyl sites for hydroxylation is 1. The monoisotopic (exact) mass is 367 g/mol. The topological polar surface area (TPSA) is 92.6 Å². The van der Waals surface area contributed by atoms with Crippen molar-refractivity contribution in [2.75, 3.05) is 13.1 Å². The molecule has 0 radical (unpaired) electrons. The second-order valence-electron chi connectivity index (χ2n) is 6.63. The van der Waals surface area contributed by atoms with E-state index in [0.29, 0.717) is 37.1 Å². The van der Waals surface area contributed by atoms with Crippen LogP contribution in [0, 0.1) is 17.0 Å². The number of nitro groups is 1. The number of likely N-dealkylation sites (tertiary alicyclic amines) is 1. The molecule has 1 aliphatic rings. The predicted octanol–water partition coefficient (Wildman–Crippen LogP) is 2.94. The fourth-order valence-electron chi connectivity index (χ4n) is 3.34. The predicted molar refractivity (Wildman–Crippen MR) is 101 cm³/mol. The fourth-order valence-corrected chi connectivity index (χ4v) is 3.34. The molecule has 0 aromatic heterocycles. The highest BCUT2D eigenvalue weighted by Crippen LogP contribution is 2.23. The average molecular weight is 367 g/mol. The van der Waals surface area contributed by atoms with Gasteiger partial charge in [-0.2, -0.15) is 0 Å². The Hall–Kier alpha value is -3.22. The van der Waals surface area contributed by atoms with Crippen LogP contribution in [0.4, 0.5) is 5.69 Å². The van der Waals surface area contributed by atoms with Crippen molar-refractivity contribution in [1.82, 2.24) is 10.2 Å². The molecule has 1 saturated heterocycles. The van der Waals surface area contributed by atoms with Crippen LogP contribution < -0.4 is 5.32 Å². The van der Waals surface area contributed by atoms with Gasteiger partial charge in [0, 0.05) is 30.3 Å². The van der Waals surface area contributed by atoms with Gasteiger partial charge in [0.15, 0.2) is 0 Å². The van der Waals surface area contributed by atoms with Crippen LogP contribution in [0.15, 0.2) is 48.5 Å². The molecule has 0 unspecified atom stereocenters. The smallest absolute Gasteiger partial charge is 0.285 e. The van der Waals surface area contributed by atoms with Gasteiger partial charge in [0.05, 0.1) is 4.92 Å². The fraction of sp³-hybridized carbons (Fsp3) is 0.300. The summed E-state index contributed by atoms with van der Waals surface area (Å²) in [6, 6.07) is 13.7. The van der Waals surface area contributed by atoms with E-state index in [4.69, 9.17) is 0 Å². The maximum atomic E-state index is 12.5. The van der Waals surface area contributed by atoms with Gasteiger partial charge in [0.2, 0.25) is 0 Å². The van der Waals surface area contributed by atoms with Crippen LogP contribution in [-0.4, -0.2) is 40.8 Å². The van der Waals surface area contributed by atoms with Gasteiger partial charge in [-0.3, -0.25) is 19.7 Å². The van der Waals surface area contributed by atoms with Crippen molar-refractivity contribution in [3.8, 4) is 0 Å². The molecule has 140 valence electrons. The molecule has 7 heteroatoms. The van der Waals surface area contributed by atoms with Crippen LogP contribution >= 0.6 is 0 Å². The minimum atomic E-state index is -0.522. The number of hydrogen-bond acceptors (Lipinski definition) is 4. The number of piperidine rings is 1. The van der Waals surface area contributed by atoms with E-state index < -0.39 is 10.8 Å². The van der Waals surface area contributed by atoms with E-state index in [0.717, 1.165) is 0 Å². The minimum absolute atomic E-state index is 0.0188. The highest BCUT2D eigenvalue weighted by atomic mass is 16.6. The SMILES string of the molecule is Cc1cccc(C(=O)NC2CCN(C(=O)c3ccccc3)CC2)c1[N+](=O)[O-]. The van der Waals surface area contributed by atoms with Crippen molar-refractivity contribution < 1.29 is 14.5 Å². The van der Waals surface area contributed by atoms with Crippen LogP contribution in [0.3, 0.4) is 0 Å². The standard InChI is InChI=1S/C20H21N3O4/c1-14-6-5-9-17(18(14)23(26)27)19(24)21-16-10-12-22(13-11-16)20(25)15-7-3-2-4-8-15/h2-9,16H,10-13H2,1H3,(H,21,24). The van der Waals surface area contributed by atoms with Crippen LogP contribution in [0.2, 0.25) is 0 Å². The molecule has 0 saturated carbocycles. The number of carbonyl (C=O) groups excluding carboxylic acids is 2. The quantitative estimate of drug-likeness (QED) is 0.664. The lowest BCUT2D eigenvalue weighted by Gasteiger charge is -2.32. The molecule has 0 aliphatic carbocycles. The molecule has 1 fully saturated rings. The maximum absolute atomic E-state index is 12.5. The van der Waals surface area contributed by atoms with E-state index in [2.05, 4.69) is 5.32 Å². The molecular formula is C20H21N3O4. The van der Waals surface area contributed by atoms with E-state index in [1.807, 2.05) is 18.2 Å². The lowest BCUT2D eigenvalue weighted by molar-refractivity contribution is -0.385. The van der Waals surface area contributed by atoms with Gasteiger partial charge in [-0.25, -0.2) is 0 Å².